The number of aromatic nitrogens is 1. The van der Waals surface area contributed by atoms with Gasteiger partial charge >= 0.3 is 59.1 Å². The fourth-order valence-corrected chi connectivity index (χ4v) is 6.50. The van der Waals surface area contributed by atoms with Crippen LogP contribution in [0.3, 0.4) is 0 Å². The quantitative estimate of drug-likeness (QED) is 0.0945. The second-order valence-electron chi connectivity index (χ2n) is 11.3. The van der Waals surface area contributed by atoms with Crippen molar-refractivity contribution in [1.82, 2.24) is 24.8 Å². The Bertz CT molecular complexity index is 1700. The number of amides is 3. The number of para-hydroxylation sites is 1. The molecule has 2 fully saturated rings. The van der Waals surface area contributed by atoms with E-state index in [-0.39, 0.29) is 122 Å². The molecule has 2 saturated heterocycles. The Morgan fingerprint density at radius 3 is 2.40 bits per heavy atom. The summed E-state index contributed by atoms with van der Waals surface area (Å²) in [5.74, 6) is -0.189. The molecule has 254 valence electrons. The van der Waals surface area contributed by atoms with Gasteiger partial charge in [-0.05, 0) is 42.3 Å². The summed E-state index contributed by atoms with van der Waals surface area (Å²) in [5.41, 5.74) is 1.98. The molecular formula is C33H36N5Na2O9P. The van der Waals surface area contributed by atoms with Crippen molar-refractivity contribution in [2.24, 2.45) is 0 Å². The van der Waals surface area contributed by atoms with E-state index in [1.54, 1.807) is 45.4 Å². The number of piperazine rings is 1. The number of ether oxygens (including phenoxy) is 2. The summed E-state index contributed by atoms with van der Waals surface area (Å²) in [6.07, 6.45) is 2.94. The number of phosphoric ester groups is 1. The number of hydrazine groups is 1. The summed E-state index contributed by atoms with van der Waals surface area (Å²) in [6, 6.07) is 15.4. The van der Waals surface area contributed by atoms with E-state index in [2.05, 4.69) is 16.1 Å². The molecule has 14 nitrogen and oxygen atoms in total. The minimum absolute atomic E-state index is 0. The third-order valence-electron chi connectivity index (χ3n) is 8.16. The normalized spacial score (nSPS) is 17.6. The van der Waals surface area contributed by atoms with Crippen molar-refractivity contribution < 1.29 is 102 Å². The summed E-state index contributed by atoms with van der Waals surface area (Å²) >= 11 is 0. The van der Waals surface area contributed by atoms with Crippen LogP contribution in [0.25, 0.3) is 0 Å². The molecule has 0 spiro atoms. The zero-order chi connectivity index (χ0) is 34.4. The number of carbonyl (C=O) groups is 3. The Kier molecular flexibility index (Phi) is 15.5. The van der Waals surface area contributed by atoms with Crippen LogP contribution in [0.4, 0.5) is 0 Å². The number of nitrogens with zero attached hydrogens (tertiary/aromatic N) is 5. The molecule has 1 aromatic heterocycles. The molecule has 0 N–H and O–H groups in total. The Balaban J connectivity index is 0.00000338. The number of fused-ring (bicyclic) bond motifs is 1. The first kappa shape index (κ1) is 41.7. The number of aryl methyl sites for hydroxylation is 1. The van der Waals surface area contributed by atoms with E-state index in [4.69, 9.17) is 9.47 Å². The maximum absolute atomic E-state index is 14.3. The smallest absolute Gasteiger partial charge is 0.780 e. The van der Waals surface area contributed by atoms with Gasteiger partial charge in [0, 0.05) is 43.4 Å². The van der Waals surface area contributed by atoms with E-state index in [1.807, 2.05) is 18.2 Å². The first-order valence-electron chi connectivity index (χ1n) is 15.2. The molecule has 0 unspecified atom stereocenters. The second kappa shape index (κ2) is 18.7. The monoisotopic (exact) mass is 723 g/mol. The molecule has 2 atom stereocenters. The van der Waals surface area contributed by atoms with Crippen molar-refractivity contribution in [1.29, 1.82) is 0 Å². The van der Waals surface area contributed by atoms with Gasteiger partial charge in [-0.3, -0.25) is 19.4 Å². The molecule has 5 rings (SSSR count). The van der Waals surface area contributed by atoms with Crippen molar-refractivity contribution in [3.8, 4) is 17.2 Å². The van der Waals surface area contributed by atoms with Crippen LogP contribution in [0, 0.1) is 0 Å². The molecule has 17 heteroatoms. The van der Waals surface area contributed by atoms with Gasteiger partial charge in [0.1, 0.15) is 25.8 Å². The van der Waals surface area contributed by atoms with Gasteiger partial charge in [-0.25, -0.2) is 10.0 Å². The van der Waals surface area contributed by atoms with Gasteiger partial charge in [0.15, 0.2) is 11.5 Å². The summed E-state index contributed by atoms with van der Waals surface area (Å²) in [7, 11) is -2.25. The molecule has 2 aliphatic rings. The van der Waals surface area contributed by atoms with Crippen LogP contribution in [0.1, 0.15) is 23.2 Å². The summed E-state index contributed by atoms with van der Waals surface area (Å²) in [5, 5.41) is 3.20. The summed E-state index contributed by atoms with van der Waals surface area (Å²) in [6.45, 7) is 4.00. The summed E-state index contributed by atoms with van der Waals surface area (Å²) < 4.78 is 26.6. The molecule has 2 aliphatic heterocycles. The fourth-order valence-electron chi connectivity index (χ4n) is 6.12. The molecule has 50 heavy (non-hydrogen) atoms. The number of methoxy groups -OCH3 is 2. The predicted molar refractivity (Wildman–Crippen MR) is 169 cm³/mol. The van der Waals surface area contributed by atoms with Crippen molar-refractivity contribution in [2.75, 3.05) is 33.9 Å². The minimum atomic E-state index is -5.27. The van der Waals surface area contributed by atoms with Crippen LogP contribution < -0.4 is 82.9 Å². The van der Waals surface area contributed by atoms with E-state index in [1.165, 1.54) is 43.4 Å². The van der Waals surface area contributed by atoms with Crippen LogP contribution in [0.2, 0.25) is 0 Å². The number of carbonyl (C=O) groups excluding carboxylic acids is 3. The third kappa shape index (κ3) is 9.97. The van der Waals surface area contributed by atoms with Crippen molar-refractivity contribution in [2.45, 2.75) is 38.0 Å². The Hall–Kier alpha value is -2.75. The van der Waals surface area contributed by atoms with Crippen molar-refractivity contribution in [3.05, 3.63) is 96.3 Å². The van der Waals surface area contributed by atoms with Crippen LogP contribution >= 0.6 is 7.82 Å². The Labute approximate surface area is 335 Å². The largest absolute Gasteiger partial charge is 1.00 e. The molecule has 0 aliphatic carbocycles. The van der Waals surface area contributed by atoms with Gasteiger partial charge < -0.3 is 38.1 Å². The first-order chi connectivity index (χ1) is 23.0. The standard InChI is InChI=1S/C33H38N5O9P.2Na/c1-4-18-36-22-31(40)37-27(19-23-11-14-26(15-12-23)47-48(42,43)44)33(41)35(20-24-8-7-10-28(45-2)32(24)46-3)21-29(37)38(36)30(39)16-13-25-9-5-6-17-34-25;;/h4-12,14-15,17,27,29H,1,13,16,18-22H2,2-3H3,(H2,42,43,44);;/q;2*+1/p-2/t27-,29-;;/m0../s1. The van der Waals surface area contributed by atoms with Gasteiger partial charge in [0.05, 0.1) is 27.3 Å². The van der Waals surface area contributed by atoms with Crippen molar-refractivity contribution in [3.63, 3.8) is 0 Å². The number of benzene rings is 2. The van der Waals surface area contributed by atoms with Crippen LogP contribution in [0.15, 0.2) is 79.5 Å². The maximum Gasteiger partial charge on any atom is 1.00 e. The minimum Gasteiger partial charge on any atom is -0.780 e. The molecule has 0 bridgehead atoms. The Morgan fingerprint density at radius 2 is 1.78 bits per heavy atom. The number of pyridine rings is 1. The SMILES string of the molecule is C=CCN1CC(=O)N2[C@@H](Cc3ccc(OP(=O)([O-])[O-])cc3)C(=O)N(Cc3cccc(OC)c3OC)C[C@@H]2N1C(=O)CCc1ccccn1.[Na+].[Na+]. The molecule has 3 amide bonds. The second-order valence-corrected chi connectivity index (χ2v) is 12.3. The number of hydrogen-bond donors (Lipinski definition) is 0. The van der Waals surface area contributed by atoms with Crippen LogP contribution in [0.5, 0.6) is 17.2 Å². The summed E-state index contributed by atoms with van der Waals surface area (Å²) in [4.78, 5) is 71.7. The van der Waals surface area contributed by atoms with E-state index in [0.717, 1.165) is 5.69 Å². The maximum atomic E-state index is 14.3. The number of rotatable bonds is 13. The topological polar surface area (TPSA) is 168 Å². The van der Waals surface area contributed by atoms with Gasteiger partial charge in [0.25, 0.3) is 0 Å². The average Bonchev–Trinajstić information content (AvgIpc) is 3.06. The molecule has 3 heterocycles. The van der Waals surface area contributed by atoms with E-state index in [9.17, 15) is 28.7 Å². The van der Waals surface area contributed by atoms with Crippen molar-refractivity contribution >= 4 is 25.5 Å². The van der Waals surface area contributed by atoms with Gasteiger partial charge in [0.2, 0.25) is 17.7 Å². The number of hydrogen-bond acceptors (Lipinski definition) is 11. The Morgan fingerprint density at radius 1 is 1.04 bits per heavy atom. The molecule has 0 saturated carbocycles. The van der Waals surface area contributed by atoms with Crippen LogP contribution in [-0.4, -0.2) is 88.6 Å². The van der Waals surface area contributed by atoms with E-state index >= 15 is 0 Å². The average molecular weight is 724 g/mol. The predicted octanol–water partition coefficient (Wildman–Crippen LogP) is -4.70. The molecular weight excluding hydrogens is 687 g/mol. The third-order valence-corrected chi connectivity index (χ3v) is 8.60. The van der Waals surface area contributed by atoms with Gasteiger partial charge in [-0.1, -0.05) is 36.4 Å². The molecule has 0 radical (unpaired) electrons. The number of phosphoric acid groups is 1. The van der Waals surface area contributed by atoms with E-state index in [0.29, 0.717) is 29.0 Å². The zero-order valence-corrected chi connectivity index (χ0v) is 33.5. The van der Waals surface area contributed by atoms with E-state index < -0.39 is 20.0 Å². The van der Waals surface area contributed by atoms with Crippen LogP contribution in [-0.2, 0) is 38.3 Å². The molecule has 2 aromatic carbocycles. The van der Waals surface area contributed by atoms with Gasteiger partial charge in [-0.15, -0.1) is 6.58 Å². The zero-order valence-electron chi connectivity index (χ0n) is 28.6. The first-order valence-corrected chi connectivity index (χ1v) is 16.7. The molecule has 3 aromatic rings. The van der Waals surface area contributed by atoms with Gasteiger partial charge in [-0.2, -0.15) is 0 Å². The fraction of sp³-hybridized carbons (Fsp3) is 0.333.